The fourth-order valence-electron chi connectivity index (χ4n) is 10.6. The van der Waals surface area contributed by atoms with Crippen molar-refractivity contribution in [3.63, 3.8) is 0 Å². The van der Waals surface area contributed by atoms with Crippen LogP contribution in [0.25, 0.3) is 0 Å². The third-order valence-electron chi connectivity index (χ3n) is 15.3. The molecule has 0 amide bonds. The molecule has 0 radical (unpaired) electrons. The molecule has 0 saturated carbocycles. The Morgan fingerprint density at radius 2 is 0.890 bits per heavy atom. The Morgan fingerprint density at radius 1 is 0.390 bits per heavy atom. The van der Waals surface area contributed by atoms with E-state index in [0.717, 1.165) is 39.4 Å². The highest BCUT2D eigenvalue weighted by Gasteiger charge is 2.32. The van der Waals surface area contributed by atoms with Crippen molar-refractivity contribution >= 4 is 81.2 Å². The van der Waals surface area contributed by atoms with E-state index >= 15 is 0 Å². The minimum absolute atomic E-state index is 0.0477. The summed E-state index contributed by atoms with van der Waals surface area (Å²) in [4.78, 5) is 0. The van der Waals surface area contributed by atoms with E-state index in [9.17, 15) is 35.1 Å². The van der Waals surface area contributed by atoms with Crippen LogP contribution in [-0.4, -0.2) is 12.2 Å². The van der Waals surface area contributed by atoms with E-state index in [0.29, 0.717) is 64.2 Å². The molecule has 8 aromatic rings. The average Bonchev–Trinajstić information content (AvgIpc) is 0.495. The van der Waals surface area contributed by atoms with Gasteiger partial charge in [-0.25, -0.2) is 22.0 Å². The van der Waals surface area contributed by atoms with Gasteiger partial charge in [0, 0.05) is 25.7 Å². The van der Waals surface area contributed by atoms with Crippen LogP contribution in [0.2, 0.25) is 35.2 Å². The maximum absolute atomic E-state index is 13.5. The highest BCUT2D eigenvalue weighted by Crippen LogP contribution is 2.40. The fraction of sp³-hybridized carbons (Fsp3) is 0.422. The molecule has 0 heterocycles. The van der Waals surface area contributed by atoms with Crippen LogP contribution in [0.4, 0.5) is 35.1 Å². The quantitative estimate of drug-likeness (QED) is 0.168. The molecule has 8 rings (SSSR count). The van der Waals surface area contributed by atoms with E-state index < -0.39 is 11.7 Å². The van der Waals surface area contributed by atoms with Crippen LogP contribution in [0.5, 0.6) is 5.75 Å². The molecule has 0 atom stereocenters. The number of methoxy groups -OCH3 is 1. The molecule has 0 aliphatic rings. The molecule has 100 heavy (non-hydrogen) atoms. The topological polar surface area (TPSA) is 29.5 Å². The maximum atomic E-state index is 13.5. The maximum Gasteiger partial charge on any atom is 0.416 e. The summed E-state index contributed by atoms with van der Waals surface area (Å²) in [5.41, 5.74) is 10.2. The number of aryl methyl sites for hydroxylation is 4. The van der Waals surface area contributed by atoms with Crippen molar-refractivity contribution < 1.29 is 45.0 Å². The minimum atomic E-state index is -4.33. The fourth-order valence-corrected chi connectivity index (χ4v) is 13.1. The van der Waals surface area contributed by atoms with Crippen LogP contribution in [0.1, 0.15) is 240 Å². The van der Waals surface area contributed by atoms with Crippen molar-refractivity contribution in [1.29, 1.82) is 0 Å². The molecule has 0 aliphatic carbocycles. The third kappa shape index (κ3) is 30.0. The van der Waals surface area contributed by atoms with Crippen molar-refractivity contribution in [3.05, 3.63) is 270 Å². The number of halogens is 15. The number of benzene rings is 8. The first-order chi connectivity index (χ1) is 45.7. The van der Waals surface area contributed by atoms with E-state index in [4.69, 9.17) is 91.0 Å². The van der Waals surface area contributed by atoms with Gasteiger partial charge in [-0.15, -0.1) is 0 Å². The number of hydrogen-bond donors (Lipinski definition) is 1. The Morgan fingerprint density at radius 3 is 1.27 bits per heavy atom. The lowest BCUT2D eigenvalue weighted by Crippen LogP contribution is -2.14. The van der Waals surface area contributed by atoms with Gasteiger partial charge in [0.25, 0.3) is 0 Å². The van der Waals surface area contributed by atoms with Gasteiger partial charge < -0.3 is 9.84 Å². The van der Waals surface area contributed by atoms with Crippen molar-refractivity contribution in [2.24, 2.45) is 0 Å². The predicted molar refractivity (Wildman–Crippen MR) is 414 cm³/mol. The lowest BCUT2D eigenvalue weighted by atomic mass is 9.84. The molecule has 0 spiro atoms. The molecule has 0 saturated heterocycles. The van der Waals surface area contributed by atoms with E-state index in [-0.39, 0.29) is 86.0 Å². The smallest absolute Gasteiger partial charge is 0.416 e. The summed E-state index contributed by atoms with van der Waals surface area (Å²) in [5, 5.41) is 12.7. The van der Waals surface area contributed by atoms with E-state index in [1.807, 2.05) is 128 Å². The van der Waals surface area contributed by atoms with Gasteiger partial charge in [0.1, 0.15) is 34.8 Å². The van der Waals surface area contributed by atoms with Gasteiger partial charge in [0.05, 0.1) is 34.3 Å². The molecule has 0 fully saturated rings. The average molecular weight is 1530 g/mol. The van der Waals surface area contributed by atoms with Crippen molar-refractivity contribution in [3.8, 4) is 5.75 Å². The van der Waals surface area contributed by atoms with Gasteiger partial charge in [-0.05, 0) is 219 Å². The van der Waals surface area contributed by atoms with Crippen LogP contribution in [-0.2, 0) is 34.4 Å². The van der Waals surface area contributed by atoms with Crippen molar-refractivity contribution in [2.45, 2.75) is 224 Å². The second-order valence-electron chi connectivity index (χ2n) is 29.5. The monoisotopic (exact) mass is 1530 g/mol. The first kappa shape index (κ1) is 93.0. The number of ether oxygens (including phenoxy) is 1. The molecule has 17 heteroatoms. The summed E-state index contributed by atoms with van der Waals surface area (Å²) in [5.74, 6) is 0.218. The second kappa shape index (κ2) is 40.9. The van der Waals surface area contributed by atoms with Gasteiger partial charge in [-0.1, -0.05) is 268 Å². The summed E-state index contributed by atoms with van der Waals surface area (Å²) in [6, 6.07) is 34.5. The predicted octanol–water partition coefficient (Wildman–Crippen LogP) is 30.2. The molecular weight excluding hydrogens is 1430 g/mol. The highest BCUT2D eigenvalue weighted by molar-refractivity contribution is 6.42. The molecule has 0 bridgehead atoms. The Hall–Kier alpha value is -5.01. The zero-order chi connectivity index (χ0) is 77.7. The molecule has 552 valence electrons. The summed E-state index contributed by atoms with van der Waals surface area (Å²) in [6.45, 7) is 47.7. The van der Waals surface area contributed by atoms with Gasteiger partial charge in [0.15, 0.2) is 0 Å². The minimum Gasteiger partial charge on any atom is -0.495 e. The summed E-state index contributed by atoms with van der Waals surface area (Å²) in [6.07, 6.45) is -4.33. The Kier molecular flexibility index (Phi) is 38.0. The van der Waals surface area contributed by atoms with Crippen LogP contribution in [0, 0.1) is 56.8 Å². The Labute approximate surface area is 628 Å². The second-order valence-corrected chi connectivity index (χ2v) is 32.4. The van der Waals surface area contributed by atoms with Crippen LogP contribution < -0.4 is 4.74 Å². The molecule has 0 aliphatic heterocycles. The molecule has 0 aromatic heterocycles. The van der Waals surface area contributed by atoms with E-state index in [1.165, 1.54) is 54.1 Å². The Balaban J connectivity index is 0.000000572. The molecule has 1 N–H and O–H groups in total. The Bertz CT molecular complexity index is 3820. The molecule has 8 aromatic carbocycles. The van der Waals surface area contributed by atoms with Gasteiger partial charge in [-0.2, -0.15) is 13.2 Å². The van der Waals surface area contributed by atoms with E-state index in [2.05, 4.69) is 67.5 Å². The lowest BCUT2D eigenvalue weighted by Gasteiger charge is -2.23. The van der Waals surface area contributed by atoms with E-state index in [1.54, 1.807) is 55.5 Å². The zero-order valence-electron chi connectivity index (χ0n) is 62.7. The largest absolute Gasteiger partial charge is 0.495 e. The normalized spacial score (nSPS) is 11.4. The van der Waals surface area contributed by atoms with Gasteiger partial charge in [0.2, 0.25) is 0 Å². The van der Waals surface area contributed by atoms with Crippen molar-refractivity contribution in [2.75, 3.05) is 7.11 Å². The van der Waals surface area contributed by atoms with Crippen LogP contribution in [0.15, 0.2) is 127 Å². The number of alkyl halides is 3. The van der Waals surface area contributed by atoms with Gasteiger partial charge in [-0.3, -0.25) is 0 Å². The summed E-state index contributed by atoms with van der Waals surface area (Å²) in [7, 11) is 1.52. The SMILES string of the molecule is CC(C)(C)c1c(F)cccc1Cl.CC(C)c1c(F)cccc1CO.CC(C)c1cc(Cl)ccc1F.COc1cc(C(C)(C)C)c(F)cc1Cl.Cc1cc(C(F)(F)F)cc(Cl)c1C(C)C.Cc1ccc(C(C)(C)C)c(Cl)c1.Cc1ccc(Cl)c(Cl)c1C(C)(C)C.Cc1cccc(F)c1C(C)C. The number of aliphatic hydroxyl groups excluding tert-OH is 1. The molecule has 0 unspecified atom stereocenters. The van der Waals surface area contributed by atoms with Gasteiger partial charge >= 0.3 is 6.18 Å². The number of rotatable bonds is 6. The van der Waals surface area contributed by atoms with Crippen molar-refractivity contribution in [1.82, 2.24) is 0 Å². The number of hydrogen-bond acceptors (Lipinski definition) is 2. The van der Waals surface area contributed by atoms with Crippen LogP contribution >= 0.6 is 81.2 Å². The molecule has 2 nitrogen and oxygen atoms in total. The third-order valence-corrected chi connectivity index (χ3v) is 17.6. The lowest BCUT2D eigenvalue weighted by molar-refractivity contribution is -0.137. The first-order valence-electron chi connectivity index (χ1n) is 32.8. The zero-order valence-corrected chi connectivity index (χ0v) is 68.0. The summed E-state index contributed by atoms with van der Waals surface area (Å²) >= 11 is 41.4. The molecular formula is C83H103Cl7F8O2. The first-order valence-corrected chi connectivity index (χ1v) is 35.5. The van der Waals surface area contributed by atoms with Crippen LogP contribution in [0.3, 0.4) is 0 Å². The number of aliphatic hydroxyl groups is 1. The summed E-state index contributed by atoms with van der Waals surface area (Å²) < 4.78 is 108. The highest BCUT2D eigenvalue weighted by atomic mass is 35.5. The standard InChI is InChI=1S/C11H14Cl2.C11H12ClF3.C11H14ClFO.C11H15Cl.C10H12ClF.C10H13FO.C10H13F.C9H10ClF/c1-7-5-6-8(12)10(13)9(7)11(2,3)4;1-6(2)10-7(3)4-8(5-9(10)12)11(13,14)15;1-11(2,3)7-5-10(14-4)8(12)6-9(7)13;1-8-5-6-9(10(12)7-8)11(2,3)4;1-10(2,3)9-7(11)5-4-6-8(9)12;1-7(2)10-8(6-12)4-3-5-9(10)11;1-7(2)10-8(3)5-4-6-9(10)11;1-6(2)8-5-7(10)3-4-9(8)11/h5-6H,1-4H3;4-6H,1-3H3;5-6H,1-4H3;5-7H,1-4H3;4-6H,1-3H3;3-5,7,12H,6H2,1-2H3;4-7H,1-3H3;3-6H,1-2H3.